The van der Waals surface area contributed by atoms with Crippen LogP contribution in [0.1, 0.15) is 188 Å². The van der Waals surface area contributed by atoms with Crippen molar-refractivity contribution in [1.82, 2.24) is 0 Å². The first-order chi connectivity index (χ1) is 20.0. The van der Waals surface area contributed by atoms with E-state index in [4.69, 9.17) is 14.2 Å². The van der Waals surface area contributed by atoms with Crippen molar-refractivity contribution in [2.24, 2.45) is 0 Å². The molecule has 0 heterocycles. The summed E-state index contributed by atoms with van der Waals surface area (Å²) in [6, 6.07) is 0. The Morgan fingerprint density at radius 3 is 0.976 bits per heavy atom. The van der Waals surface area contributed by atoms with Gasteiger partial charge in [-0.05, 0) is 19.3 Å². The number of hydrogen-bond acceptors (Lipinski definition) is 6. The maximum absolute atomic E-state index is 12.5. The summed E-state index contributed by atoms with van der Waals surface area (Å²) in [6.45, 7) is 6.49. The molecule has 1 atom stereocenters. The fourth-order valence-corrected chi connectivity index (χ4v) is 4.91. The molecule has 41 heavy (non-hydrogen) atoms. The van der Waals surface area contributed by atoms with Crippen molar-refractivity contribution < 1.29 is 28.6 Å². The van der Waals surface area contributed by atoms with Gasteiger partial charge in [0.15, 0.2) is 6.10 Å². The molecule has 0 spiro atoms. The minimum absolute atomic E-state index is 0.0659. The third-order valence-electron chi connectivity index (χ3n) is 7.61. The Morgan fingerprint density at radius 2 is 0.659 bits per heavy atom. The number of carbonyl (C=O) groups is 3. The SMILES string of the molecule is CCCCCCCCCCCC(=O)OCC(COC(=O)CCCCCCC)OC(=O)CCCCCCCCCCC. The van der Waals surface area contributed by atoms with Crippen LogP contribution in [0.5, 0.6) is 0 Å². The third kappa shape index (κ3) is 29.7. The van der Waals surface area contributed by atoms with Crippen molar-refractivity contribution in [3.8, 4) is 0 Å². The van der Waals surface area contributed by atoms with Crippen molar-refractivity contribution in [2.45, 2.75) is 194 Å². The largest absolute Gasteiger partial charge is 0.462 e. The van der Waals surface area contributed by atoms with Gasteiger partial charge < -0.3 is 14.2 Å². The second-order valence-corrected chi connectivity index (χ2v) is 11.8. The van der Waals surface area contributed by atoms with Crippen molar-refractivity contribution in [3.05, 3.63) is 0 Å². The number of ether oxygens (including phenoxy) is 3. The normalized spacial score (nSPS) is 11.8. The molecule has 0 aliphatic rings. The molecular formula is C35H66O6. The van der Waals surface area contributed by atoms with Crippen LogP contribution in [-0.2, 0) is 28.6 Å². The Kier molecular flexibility index (Phi) is 30.1. The van der Waals surface area contributed by atoms with Gasteiger partial charge in [0.05, 0.1) is 0 Å². The first-order valence-corrected chi connectivity index (χ1v) is 17.5. The van der Waals surface area contributed by atoms with Gasteiger partial charge in [0.1, 0.15) is 13.2 Å². The standard InChI is InChI=1S/C35H66O6/c1-4-7-10-13-15-17-19-22-25-28-34(37)40-31-32(30-39-33(36)27-24-21-12-9-6-3)41-35(38)29-26-23-20-18-16-14-11-8-5-2/h32H,4-31H2,1-3H3. The summed E-state index contributed by atoms with van der Waals surface area (Å²) in [6.07, 6.45) is 26.9. The van der Waals surface area contributed by atoms with Crippen LogP contribution < -0.4 is 0 Å². The minimum Gasteiger partial charge on any atom is -0.462 e. The topological polar surface area (TPSA) is 78.9 Å². The predicted molar refractivity (Wildman–Crippen MR) is 169 cm³/mol. The summed E-state index contributed by atoms with van der Waals surface area (Å²) in [5, 5.41) is 0. The quantitative estimate of drug-likeness (QED) is 0.0459. The minimum atomic E-state index is -0.753. The molecule has 0 rings (SSSR count). The Labute approximate surface area is 253 Å². The van der Waals surface area contributed by atoms with Gasteiger partial charge in [-0.25, -0.2) is 0 Å². The second kappa shape index (κ2) is 31.3. The first-order valence-electron chi connectivity index (χ1n) is 17.5. The van der Waals surface area contributed by atoms with Gasteiger partial charge in [-0.1, -0.05) is 149 Å². The first kappa shape index (κ1) is 39.4. The molecule has 0 fully saturated rings. The Balaban J connectivity index is 4.31. The van der Waals surface area contributed by atoms with E-state index in [1.807, 2.05) is 0 Å². The van der Waals surface area contributed by atoms with E-state index in [1.165, 1.54) is 83.5 Å². The molecule has 0 aliphatic heterocycles. The van der Waals surface area contributed by atoms with Crippen LogP contribution in [0, 0.1) is 0 Å². The summed E-state index contributed by atoms with van der Waals surface area (Å²) >= 11 is 0. The van der Waals surface area contributed by atoms with Crippen LogP contribution in [0.15, 0.2) is 0 Å². The van der Waals surface area contributed by atoms with Crippen LogP contribution in [0.3, 0.4) is 0 Å². The molecular weight excluding hydrogens is 516 g/mol. The van der Waals surface area contributed by atoms with Crippen LogP contribution >= 0.6 is 0 Å². The summed E-state index contributed by atoms with van der Waals surface area (Å²) in [5.41, 5.74) is 0. The molecule has 6 nitrogen and oxygen atoms in total. The highest BCUT2D eigenvalue weighted by molar-refractivity contribution is 5.71. The van der Waals surface area contributed by atoms with Crippen molar-refractivity contribution >= 4 is 17.9 Å². The van der Waals surface area contributed by atoms with Gasteiger partial charge in [0.2, 0.25) is 0 Å². The number of carbonyl (C=O) groups excluding carboxylic acids is 3. The number of rotatable bonds is 31. The summed E-state index contributed by atoms with van der Waals surface area (Å²) < 4.78 is 16.4. The molecule has 1 unspecified atom stereocenters. The highest BCUT2D eigenvalue weighted by atomic mass is 16.6. The fourth-order valence-electron chi connectivity index (χ4n) is 4.91. The zero-order chi connectivity index (χ0) is 30.2. The smallest absolute Gasteiger partial charge is 0.306 e. The molecule has 0 saturated carbocycles. The zero-order valence-electron chi connectivity index (χ0n) is 27.3. The molecule has 0 radical (unpaired) electrons. The van der Waals surface area contributed by atoms with E-state index >= 15 is 0 Å². The predicted octanol–water partition coefficient (Wildman–Crippen LogP) is 10.2. The van der Waals surface area contributed by atoms with E-state index in [2.05, 4.69) is 20.8 Å². The van der Waals surface area contributed by atoms with Crippen LogP contribution in [0.25, 0.3) is 0 Å². The lowest BCUT2D eigenvalue weighted by molar-refractivity contribution is -0.167. The van der Waals surface area contributed by atoms with E-state index in [9.17, 15) is 14.4 Å². The van der Waals surface area contributed by atoms with Crippen LogP contribution in [0.4, 0.5) is 0 Å². The van der Waals surface area contributed by atoms with E-state index in [-0.39, 0.29) is 31.1 Å². The van der Waals surface area contributed by atoms with E-state index in [0.29, 0.717) is 19.3 Å². The Bertz CT molecular complexity index is 605. The van der Waals surface area contributed by atoms with Crippen molar-refractivity contribution in [3.63, 3.8) is 0 Å². The van der Waals surface area contributed by atoms with E-state index in [0.717, 1.165) is 64.2 Å². The second-order valence-electron chi connectivity index (χ2n) is 11.8. The fraction of sp³-hybridized carbons (Fsp3) is 0.914. The van der Waals surface area contributed by atoms with Crippen molar-refractivity contribution in [1.29, 1.82) is 0 Å². The molecule has 0 saturated heterocycles. The maximum atomic E-state index is 12.5. The maximum Gasteiger partial charge on any atom is 0.306 e. The van der Waals surface area contributed by atoms with Gasteiger partial charge in [0, 0.05) is 19.3 Å². The molecule has 242 valence electrons. The highest BCUT2D eigenvalue weighted by Crippen LogP contribution is 2.13. The molecule has 0 aliphatic carbocycles. The lowest BCUT2D eigenvalue weighted by atomic mass is 10.1. The molecule has 0 amide bonds. The number of esters is 3. The number of unbranched alkanes of at least 4 members (excludes halogenated alkanes) is 20. The molecule has 0 N–H and O–H groups in total. The zero-order valence-corrected chi connectivity index (χ0v) is 27.3. The van der Waals surface area contributed by atoms with Gasteiger partial charge in [0.25, 0.3) is 0 Å². The molecule has 0 bridgehead atoms. The third-order valence-corrected chi connectivity index (χ3v) is 7.61. The summed E-state index contributed by atoms with van der Waals surface area (Å²) in [5.74, 6) is -0.888. The summed E-state index contributed by atoms with van der Waals surface area (Å²) in [7, 11) is 0. The van der Waals surface area contributed by atoms with Gasteiger partial charge in [-0.15, -0.1) is 0 Å². The Morgan fingerprint density at radius 1 is 0.390 bits per heavy atom. The molecule has 0 aromatic carbocycles. The molecule has 0 aromatic heterocycles. The van der Waals surface area contributed by atoms with Gasteiger partial charge >= 0.3 is 17.9 Å². The van der Waals surface area contributed by atoms with E-state index in [1.54, 1.807) is 0 Å². The Hall–Kier alpha value is -1.59. The average Bonchev–Trinajstić information content (AvgIpc) is 2.96. The van der Waals surface area contributed by atoms with Crippen LogP contribution in [-0.4, -0.2) is 37.2 Å². The van der Waals surface area contributed by atoms with Gasteiger partial charge in [-0.3, -0.25) is 14.4 Å². The summed E-state index contributed by atoms with van der Waals surface area (Å²) in [4.78, 5) is 37.0. The highest BCUT2D eigenvalue weighted by Gasteiger charge is 2.19. The van der Waals surface area contributed by atoms with E-state index < -0.39 is 6.10 Å². The lowest BCUT2D eigenvalue weighted by Gasteiger charge is -2.18. The monoisotopic (exact) mass is 582 g/mol. The van der Waals surface area contributed by atoms with Gasteiger partial charge in [-0.2, -0.15) is 0 Å². The molecule has 0 aromatic rings. The molecule has 6 heteroatoms. The lowest BCUT2D eigenvalue weighted by Crippen LogP contribution is -2.30. The van der Waals surface area contributed by atoms with Crippen LogP contribution in [0.2, 0.25) is 0 Å². The number of hydrogen-bond donors (Lipinski definition) is 0. The van der Waals surface area contributed by atoms with Crippen molar-refractivity contribution in [2.75, 3.05) is 13.2 Å². The average molecular weight is 583 g/mol.